The van der Waals surface area contributed by atoms with Gasteiger partial charge >= 0.3 is 0 Å². The average molecular weight is 378 g/mol. The van der Waals surface area contributed by atoms with E-state index in [-0.39, 0.29) is 24.0 Å². The van der Waals surface area contributed by atoms with Gasteiger partial charge < -0.3 is 24.0 Å². The van der Waals surface area contributed by atoms with Crippen molar-refractivity contribution in [3.63, 3.8) is 0 Å². The van der Waals surface area contributed by atoms with Gasteiger partial charge in [-0.05, 0) is 19.3 Å². The van der Waals surface area contributed by atoms with E-state index >= 15 is 0 Å². The Kier molecular flexibility index (Phi) is 11.7. The molecule has 0 bridgehead atoms. The smallest absolute Gasteiger partial charge is 0.256 e. The molecule has 1 aromatic heterocycles. The van der Waals surface area contributed by atoms with E-state index in [1.165, 1.54) is 70.2 Å². The summed E-state index contributed by atoms with van der Waals surface area (Å²) in [6.07, 6.45) is 16.5. The van der Waals surface area contributed by atoms with Crippen LogP contribution in [0.4, 0.5) is 0 Å². The molecule has 0 saturated heterocycles. The van der Waals surface area contributed by atoms with E-state index in [2.05, 4.69) is 42.4 Å². The SMILES string of the molecule is CCCCCCc1n(C)cc[n+]1CCCCCC.[I-]. The first-order chi connectivity index (χ1) is 8.79. The van der Waals surface area contributed by atoms with E-state index in [0.29, 0.717) is 0 Å². The Hall–Kier alpha value is -0.0600. The number of hydrogen-bond donors (Lipinski definition) is 0. The van der Waals surface area contributed by atoms with Crippen LogP contribution in [-0.4, -0.2) is 4.57 Å². The number of halogens is 1. The molecule has 0 aliphatic carbocycles. The summed E-state index contributed by atoms with van der Waals surface area (Å²) in [5, 5.41) is 0. The van der Waals surface area contributed by atoms with Crippen LogP contribution in [-0.2, 0) is 20.0 Å². The maximum atomic E-state index is 2.46. The summed E-state index contributed by atoms with van der Waals surface area (Å²) in [6.45, 7) is 5.75. The van der Waals surface area contributed by atoms with Crippen molar-refractivity contribution >= 4 is 0 Å². The highest BCUT2D eigenvalue weighted by Crippen LogP contribution is 2.06. The first-order valence-electron chi connectivity index (χ1n) is 7.83. The number of imidazole rings is 1. The van der Waals surface area contributed by atoms with Gasteiger partial charge in [-0.1, -0.05) is 46.0 Å². The maximum absolute atomic E-state index is 2.46. The molecule has 1 heterocycles. The largest absolute Gasteiger partial charge is 1.00 e. The van der Waals surface area contributed by atoms with Gasteiger partial charge in [-0.3, -0.25) is 0 Å². The minimum absolute atomic E-state index is 0. The van der Waals surface area contributed by atoms with Gasteiger partial charge in [0.15, 0.2) is 0 Å². The van der Waals surface area contributed by atoms with Gasteiger partial charge in [0.2, 0.25) is 0 Å². The highest BCUT2D eigenvalue weighted by molar-refractivity contribution is 4.82. The van der Waals surface area contributed by atoms with E-state index in [1.807, 2.05) is 0 Å². The molecule has 0 aliphatic rings. The van der Waals surface area contributed by atoms with Crippen molar-refractivity contribution in [1.29, 1.82) is 0 Å². The molecule has 0 saturated carbocycles. The van der Waals surface area contributed by atoms with Gasteiger partial charge in [0.25, 0.3) is 5.82 Å². The standard InChI is InChI=1S/C16H31N2.HI/c1-4-6-8-10-12-16-17(3)14-15-18(16)13-11-9-7-5-2;/h14-15H,4-13H2,1-3H3;1H/q+1;/p-1. The second kappa shape index (κ2) is 11.7. The minimum Gasteiger partial charge on any atom is -1.00 e. The minimum atomic E-state index is 0. The lowest BCUT2D eigenvalue weighted by atomic mass is 10.1. The summed E-state index contributed by atoms with van der Waals surface area (Å²) in [7, 11) is 2.18. The molecule has 0 amide bonds. The Morgan fingerprint density at radius 3 is 2.21 bits per heavy atom. The van der Waals surface area contributed by atoms with Gasteiger partial charge in [0, 0.05) is 6.42 Å². The Balaban J connectivity index is 0.00000324. The Morgan fingerprint density at radius 2 is 1.58 bits per heavy atom. The fourth-order valence-electron chi connectivity index (χ4n) is 2.50. The zero-order valence-corrected chi connectivity index (χ0v) is 15.2. The van der Waals surface area contributed by atoms with Gasteiger partial charge in [-0.2, -0.15) is 0 Å². The fourth-order valence-corrected chi connectivity index (χ4v) is 2.50. The second-order valence-electron chi connectivity index (χ2n) is 5.39. The van der Waals surface area contributed by atoms with Gasteiger partial charge in [-0.25, -0.2) is 9.13 Å². The fraction of sp³-hybridized carbons (Fsp3) is 0.812. The van der Waals surface area contributed by atoms with Crippen LogP contribution < -0.4 is 28.5 Å². The molecular formula is C16H31IN2. The zero-order chi connectivity index (χ0) is 13.2. The highest BCUT2D eigenvalue weighted by atomic mass is 127. The summed E-state index contributed by atoms with van der Waals surface area (Å²) >= 11 is 0. The first-order valence-corrected chi connectivity index (χ1v) is 7.83. The number of aromatic nitrogens is 2. The van der Waals surface area contributed by atoms with Crippen LogP contribution in [0.5, 0.6) is 0 Å². The van der Waals surface area contributed by atoms with Crippen molar-refractivity contribution in [2.24, 2.45) is 7.05 Å². The maximum Gasteiger partial charge on any atom is 0.256 e. The molecule has 0 spiro atoms. The number of nitrogens with zero attached hydrogens (tertiary/aromatic N) is 2. The predicted octanol–water partition coefficient (Wildman–Crippen LogP) is 1.02. The summed E-state index contributed by atoms with van der Waals surface area (Å²) in [4.78, 5) is 0. The van der Waals surface area contributed by atoms with Crippen molar-refractivity contribution in [3.8, 4) is 0 Å². The van der Waals surface area contributed by atoms with E-state index in [9.17, 15) is 0 Å². The van der Waals surface area contributed by atoms with Crippen molar-refractivity contribution in [2.75, 3.05) is 0 Å². The van der Waals surface area contributed by atoms with E-state index in [0.717, 1.165) is 0 Å². The summed E-state index contributed by atoms with van der Waals surface area (Å²) in [6, 6.07) is 0. The molecule has 0 aromatic carbocycles. The molecule has 0 unspecified atom stereocenters. The van der Waals surface area contributed by atoms with Crippen LogP contribution in [0, 0.1) is 0 Å². The first kappa shape index (κ1) is 18.9. The molecule has 2 nitrogen and oxygen atoms in total. The number of hydrogen-bond acceptors (Lipinski definition) is 0. The van der Waals surface area contributed by atoms with Crippen LogP contribution >= 0.6 is 0 Å². The normalized spacial score (nSPS) is 10.5. The monoisotopic (exact) mass is 378 g/mol. The number of unbranched alkanes of at least 4 members (excludes halogenated alkanes) is 6. The number of aryl methyl sites for hydroxylation is 2. The summed E-state index contributed by atoms with van der Waals surface area (Å²) in [5.74, 6) is 1.50. The third-order valence-corrected chi connectivity index (χ3v) is 3.72. The van der Waals surface area contributed by atoms with Crippen molar-refractivity contribution < 1.29 is 28.5 Å². The van der Waals surface area contributed by atoms with E-state index in [1.54, 1.807) is 0 Å². The molecule has 1 aromatic rings. The van der Waals surface area contributed by atoms with Crippen molar-refractivity contribution in [2.45, 2.75) is 78.2 Å². The van der Waals surface area contributed by atoms with Crippen LogP contribution in [0.15, 0.2) is 12.4 Å². The molecule has 0 radical (unpaired) electrons. The van der Waals surface area contributed by atoms with Gasteiger partial charge in [0.1, 0.15) is 12.4 Å². The second-order valence-corrected chi connectivity index (χ2v) is 5.39. The van der Waals surface area contributed by atoms with Crippen LogP contribution in [0.1, 0.15) is 71.0 Å². The molecule has 0 N–H and O–H groups in total. The quantitative estimate of drug-likeness (QED) is 0.327. The number of rotatable bonds is 10. The molecule has 3 heteroatoms. The summed E-state index contributed by atoms with van der Waals surface area (Å²) in [5.41, 5.74) is 0. The molecule has 0 fully saturated rings. The molecule has 0 atom stereocenters. The van der Waals surface area contributed by atoms with Crippen LogP contribution in [0.2, 0.25) is 0 Å². The van der Waals surface area contributed by atoms with Crippen molar-refractivity contribution in [1.82, 2.24) is 4.57 Å². The molecule has 0 aliphatic heterocycles. The van der Waals surface area contributed by atoms with Gasteiger partial charge in [0.05, 0.1) is 13.6 Å². The van der Waals surface area contributed by atoms with E-state index in [4.69, 9.17) is 0 Å². The zero-order valence-electron chi connectivity index (χ0n) is 13.0. The Bertz CT molecular complexity index is 321. The Labute approximate surface area is 136 Å². The average Bonchev–Trinajstić information content (AvgIpc) is 2.72. The van der Waals surface area contributed by atoms with Crippen LogP contribution in [0.25, 0.3) is 0 Å². The molecule has 1 rings (SSSR count). The Morgan fingerprint density at radius 1 is 0.947 bits per heavy atom. The summed E-state index contributed by atoms with van der Waals surface area (Å²) < 4.78 is 4.76. The van der Waals surface area contributed by atoms with Crippen molar-refractivity contribution in [3.05, 3.63) is 18.2 Å². The third kappa shape index (κ3) is 7.33. The van der Waals surface area contributed by atoms with Gasteiger partial charge in [-0.15, -0.1) is 0 Å². The molecule has 112 valence electrons. The topological polar surface area (TPSA) is 8.81 Å². The highest BCUT2D eigenvalue weighted by Gasteiger charge is 2.13. The molecular weight excluding hydrogens is 347 g/mol. The van der Waals surface area contributed by atoms with E-state index < -0.39 is 0 Å². The lowest BCUT2D eigenvalue weighted by Gasteiger charge is -2.03. The van der Waals surface area contributed by atoms with Crippen LogP contribution in [0.3, 0.4) is 0 Å². The molecule has 19 heavy (non-hydrogen) atoms. The third-order valence-electron chi connectivity index (χ3n) is 3.72. The lowest BCUT2D eigenvalue weighted by Crippen LogP contribution is -3.00. The lowest BCUT2D eigenvalue weighted by molar-refractivity contribution is -0.704. The predicted molar refractivity (Wildman–Crippen MR) is 77.6 cm³/mol.